The highest BCUT2D eigenvalue weighted by Crippen LogP contribution is 2.37. The Balaban J connectivity index is 1.71. The molecule has 0 aliphatic carbocycles. The molecule has 2 fully saturated rings. The molecule has 2 aromatic rings. The predicted octanol–water partition coefficient (Wildman–Crippen LogP) is 1.77. The minimum absolute atomic E-state index is 0.0421. The number of oxazole rings is 1. The number of hydrogen-bond donors (Lipinski definition) is 0. The molecule has 140 valence electrons. The third-order valence-electron chi connectivity index (χ3n) is 5.29. The van der Waals surface area contributed by atoms with Crippen LogP contribution in [0.5, 0.6) is 0 Å². The van der Waals surface area contributed by atoms with Gasteiger partial charge in [-0.1, -0.05) is 12.1 Å². The normalized spacial score (nSPS) is 25.5. The van der Waals surface area contributed by atoms with Crippen LogP contribution in [0.2, 0.25) is 0 Å². The zero-order valence-electron chi connectivity index (χ0n) is 14.5. The number of hydrogen-bond acceptors (Lipinski definition) is 6. The number of sulfone groups is 1. The summed E-state index contributed by atoms with van der Waals surface area (Å²) in [5.74, 6) is 1.06. The second kappa shape index (κ2) is 5.90. The summed E-state index contributed by atoms with van der Waals surface area (Å²) in [7, 11) is -6.97. The van der Waals surface area contributed by atoms with Crippen LogP contribution in [0, 0.1) is 19.8 Å². The predicted molar refractivity (Wildman–Crippen MR) is 95.9 cm³/mol. The molecule has 1 aromatic carbocycles. The minimum atomic E-state index is -3.78. The Bertz CT molecular complexity index is 1070. The van der Waals surface area contributed by atoms with E-state index in [1.165, 1.54) is 4.31 Å². The molecule has 7 nitrogen and oxygen atoms in total. The SMILES string of the molecule is Cc1ncc(-c2ccc(C)c(S(=O)(=O)N3C[C@@H]4CCS(=O)(=O)[C@@H]4C3)c2)o1. The lowest BCUT2D eigenvalue weighted by atomic mass is 10.1. The maximum absolute atomic E-state index is 13.2. The lowest BCUT2D eigenvalue weighted by Gasteiger charge is -2.19. The second-order valence-electron chi connectivity index (χ2n) is 7.00. The summed E-state index contributed by atoms with van der Waals surface area (Å²) < 4.78 is 57.4. The molecule has 0 amide bonds. The topological polar surface area (TPSA) is 97.5 Å². The van der Waals surface area contributed by atoms with Gasteiger partial charge in [0.15, 0.2) is 21.5 Å². The monoisotopic (exact) mass is 396 g/mol. The van der Waals surface area contributed by atoms with Gasteiger partial charge in [0.2, 0.25) is 10.0 Å². The van der Waals surface area contributed by atoms with E-state index in [2.05, 4.69) is 4.98 Å². The molecule has 0 spiro atoms. The number of rotatable bonds is 3. The lowest BCUT2D eigenvalue weighted by Crippen LogP contribution is -2.32. The molecule has 2 atom stereocenters. The Morgan fingerprint density at radius 3 is 2.65 bits per heavy atom. The van der Waals surface area contributed by atoms with E-state index in [9.17, 15) is 16.8 Å². The summed E-state index contributed by atoms with van der Waals surface area (Å²) in [6.45, 7) is 3.76. The molecule has 1 aromatic heterocycles. The fourth-order valence-electron chi connectivity index (χ4n) is 3.82. The van der Waals surface area contributed by atoms with E-state index in [0.29, 0.717) is 29.2 Å². The zero-order valence-corrected chi connectivity index (χ0v) is 16.2. The molecule has 2 aliphatic rings. The molecule has 2 saturated heterocycles. The molecule has 0 bridgehead atoms. The Morgan fingerprint density at radius 1 is 1.23 bits per heavy atom. The summed E-state index contributed by atoms with van der Waals surface area (Å²) in [4.78, 5) is 4.23. The first-order valence-electron chi connectivity index (χ1n) is 8.44. The van der Waals surface area contributed by atoms with Gasteiger partial charge in [-0.2, -0.15) is 4.31 Å². The molecular weight excluding hydrogens is 376 g/mol. The van der Waals surface area contributed by atoms with Crippen LogP contribution in [0.25, 0.3) is 11.3 Å². The van der Waals surface area contributed by atoms with Crippen LogP contribution >= 0.6 is 0 Å². The standard InChI is InChI=1S/C17H20N2O5S2/c1-11-3-4-13(15-8-18-12(2)24-15)7-16(11)26(22,23)19-9-14-5-6-25(20,21)17(14)10-19/h3-4,7-8,14,17H,5-6,9-10H2,1-2H3/t14-,17+/m0/s1. The van der Waals surface area contributed by atoms with Crippen molar-refractivity contribution in [3.05, 3.63) is 35.9 Å². The maximum atomic E-state index is 13.2. The van der Waals surface area contributed by atoms with Crippen molar-refractivity contribution in [2.24, 2.45) is 5.92 Å². The van der Waals surface area contributed by atoms with Crippen molar-refractivity contribution in [1.29, 1.82) is 0 Å². The largest absolute Gasteiger partial charge is 0.441 e. The van der Waals surface area contributed by atoms with E-state index < -0.39 is 25.1 Å². The van der Waals surface area contributed by atoms with Gasteiger partial charge in [0.1, 0.15) is 0 Å². The third kappa shape index (κ3) is 2.78. The zero-order chi connectivity index (χ0) is 18.7. The molecule has 0 unspecified atom stereocenters. The highest BCUT2D eigenvalue weighted by Gasteiger charge is 2.49. The summed E-state index contributed by atoms with van der Waals surface area (Å²) in [5, 5.41) is -0.572. The van der Waals surface area contributed by atoms with E-state index in [1.54, 1.807) is 38.2 Å². The van der Waals surface area contributed by atoms with Gasteiger partial charge in [-0.25, -0.2) is 21.8 Å². The molecule has 9 heteroatoms. The average molecular weight is 396 g/mol. The van der Waals surface area contributed by atoms with Crippen molar-refractivity contribution < 1.29 is 21.3 Å². The van der Waals surface area contributed by atoms with Crippen molar-refractivity contribution in [3.63, 3.8) is 0 Å². The van der Waals surface area contributed by atoms with Gasteiger partial charge >= 0.3 is 0 Å². The molecule has 0 N–H and O–H groups in total. The maximum Gasteiger partial charge on any atom is 0.243 e. The number of benzene rings is 1. The minimum Gasteiger partial charge on any atom is -0.441 e. The highest BCUT2D eigenvalue weighted by molar-refractivity contribution is 7.92. The molecule has 0 radical (unpaired) electrons. The van der Waals surface area contributed by atoms with Crippen molar-refractivity contribution in [2.45, 2.75) is 30.4 Å². The first-order chi connectivity index (χ1) is 12.2. The van der Waals surface area contributed by atoms with Crippen molar-refractivity contribution >= 4 is 19.9 Å². The summed E-state index contributed by atoms with van der Waals surface area (Å²) in [6, 6.07) is 5.10. The van der Waals surface area contributed by atoms with Crippen LogP contribution in [0.1, 0.15) is 17.9 Å². The van der Waals surface area contributed by atoms with Crippen molar-refractivity contribution in [1.82, 2.24) is 9.29 Å². The first-order valence-corrected chi connectivity index (χ1v) is 11.6. The number of sulfonamides is 1. The van der Waals surface area contributed by atoms with Crippen LogP contribution in [0.15, 0.2) is 33.7 Å². The summed E-state index contributed by atoms with van der Waals surface area (Å²) in [5.41, 5.74) is 1.24. The first kappa shape index (κ1) is 17.7. The van der Waals surface area contributed by atoms with Gasteiger partial charge in [0.25, 0.3) is 0 Å². The number of nitrogens with zero attached hydrogens (tertiary/aromatic N) is 2. The van der Waals surface area contributed by atoms with Gasteiger partial charge < -0.3 is 4.42 Å². The molecule has 3 heterocycles. The number of aromatic nitrogens is 1. The van der Waals surface area contributed by atoms with Gasteiger partial charge in [0.05, 0.1) is 22.1 Å². The van der Waals surface area contributed by atoms with Gasteiger partial charge in [0, 0.05) is 25.6 Å². The smallest absolute Gasteiger partial charge is 0.243 e. The van der Waals surface area contributed by atoms with E-state index in [4.69, 9.17) is 4.42 Å². The Morgan fingerprint density at radius 2 is 2.00 bits per heavy atom. The lowest BCUT2D eigenvalue weighted by molar-refractivity contribution is 0.454. The third-order valence-corrected chi connectivity index (χ3v) is 9.53. The van der Waals surface area contributed by atoms with Gasteiger partial charge in [-0.05, 0) is 30.9 Å². The van der Waals surface area contributed by atoms with Crippen LogP contribution in [-0.4, -0.2) is 50.2 Å². The average Bonchev–Trinajstić information content (AvgIpc) is 3.25. The van der Waals surface area contributed by atoms with E-state index in [1.807, 2.05) is 0 Å². The fraction of sp³-hybridized carbons (Fsp3) is 0.471. The second-order valence-corrected chi connectivity index (χ2v) is 11.2. The van der Waals surface area contributed by atoms with Crippen molar-refractivity contribution in [3.8, 4) is 11.3 Å². The van der Waals surface area contributed by atoms with Crippen molar-refractivity contribution in [2.75, 3.05) is 18.8 Å². The number of fused-ring (bicyclic) bond motifs is 1. The van der Waals surface area contributed by atoms with Gasteiger partial charge in [-0.3, -0.25) is 0 Å². The van der Waals surface area contributed by atoms with E-state index in [0.717, 1.165) is 0 Å². The Kier molecular flexibility index (Phi) is 4.01. The van der Waals surface area contributed by atoms with Crippen LogP contribution < -0.4 is 0 Å². The van der Waals surface area contributed by atoms with Gasteiger partial charge in [-0.15, -0.1) is 0 Å². The highest BCUT2D eigenvalue weighted by atomic mass is 32.2. The Hall–Kier alpha value is -1.71. The molecular formula is C17H20N2O5S2. The molecule has 4 rings (SSSR count). The van der Waals surface area contributed by atoms with E-state index in [-0.39, 0.29) is 29.7 Å². The van der Waals surface area contributed by atoms with Crippen LogP contribution in [0.4, 0.5) is 0 Å². The Labute approximate surface area is 153 Å². The van der Waals surface area contributed by atoms with Crippen LogP contribution in [-0.2, 0) is 19.9 Å². The quantitative estimate of drug-likeness (QED) is 0.784. The summed E-state index contributed by atoms with van der Waals surface area (Å²) in [6.07, 6.45) is 2.10. The number of aryl methyl sites for hydroxylation is 2. The molecule has 26 heavy (non-hydrogen) atoms. The van der Waals surface area contributed by atoms with Crippen LogP contribution in [0.3, 0.4) is 0 Å². The summed E-state index contributed by atoms with van der Waals surface area (Å²) >= 11 is 0. The van der Waals surface area contributed by atoms with E-state index >= 15 is 0 Å². The molecule has 2 aliphatic heterocycles. The fourth-order valence-corrected chi connectivity index (χ4v) is 7.83. The molecule has 0 saturated carbocycles.